The van der Waals surface area contributed by atoms with Gasteiger partial charge < -0.3 is 9.47 Å². The molecule has 96 valence electrons. The molecule has 0 aliphatic carbocycles. The Morgan fingerprint density at radius 1 is 0.632 bits per heavy atom. The Morgan fingerprint density at radius 2 is 1.00 bits per heavy atom. The highest BCUT2D eigenvalue weighted by atomic mass is 16.5. The van der Waals surface area contributed by atoms with Gasteiger partial charge in [0.25, 0.3) is 0 Å². The van der Waals surface area contributed by atoms with Crippen LogP contribution in [0.4, 0.5) is 0 Å². The predicted octanol–water partition coefficient (Wildman–Crippen LogP) is 3.46. The molecule has 0 aliphatic heterocycles. The molecule has 2 aromatic carbocycles. The van der Waals surface area contributed by atoms with E-state index in [-0.39, 0.29) is 13.2 Å². The van der Waals surface area contributed by atoms with Crippen molar-refractivity contribution in [2.24, 2.45) is 0 Å². The van der Waals surface area contributed by atoms with Gasteiger partial charge in [-0.25, -0.2) is 0 Å². The third kappa shape index (κ3) is 4.02. The van der Waals surface area contributed by atoms with Crippen LogP contribution in [-0.4, -0.2) is 13.2 Å². The minimum atomic E-state index is 0.196. The van der Waals surface area contributed by atoms with E-state index < -0.39 is 0 Å². The zero-order valence-electron chi connectivity index (χ0n) is 10.7. The molecule has 0 bridgehead atoms. The van der Waals surface area contributed by atoms with Crippen LogP contribution in [0.5, 0.6) is 11.5 Å². The second-order valence-electron chi connectivity index (χ2n) is 4.09. The maximum atomic E-state index is 5.32. The minimum Gasteiger partial charge on any atom is -0.493 e. The van der Waals surface area contributed by atoms with Crippen molar-refractivity contribution < 1.29 is 9.47 Å². The topological polar surface area (TPSA) is 18.5 Å². The Bertz CT molecular complexity index is 438. The number of hydrogen-bond acceptors (Lipinski definition) is 2. The molecule has 4 radical (unpaired) electrons. The zero-order chi connectivity index (χ0) is 13.5. The maximum Gasteiger partial charge on any atom is 0.119 e. The fourth-order valence-corrected chi connectivity index (χ4v) is 1.84. The Kier molecular flexibility index (Phi) is 4.85. The zero-order valence-corrected chi connectivity index (χ0v) is 10.7. The van der Waals surface area contributed by atoms with E-state index in [0.29, 0.717) is 0 Å². The van der Waals surface area contributed by atoms with E-state index in [9.17, 15) is 0 Å². The van der Waals surface area contributed by atoms with E-state index in [1.165, 1.54) is 11.1 Å². The van der Waals surface area contributed by atoms with Crippen LogP contribution in [0.1, 0.15) is 11.1 Å². The lowest BCUT2D eigenvalue weighted by Crippen LogP contribution is -1.94. The molecule has 0 aromatic heterocycles. The summed E-state index contributed by atoms with van der Waals surface area (Å²) in [7, 11) is 0. The molecule has 0 aliphatic rings. The van der Waals surface area contributed by atoms with Gasteiger partial charge in [-0.3, -0.25) is 0 Å². The van der Waals surface area contributed by atoms with E-state index >= 15 is 0 Å². The lowest BCUT2D eigenvalue weighted by molar-refractivity contribution is 0.361. The molecular weight excluding hydrogens is 236 g/mol. The van der Waals surface area contributed by atoms with Crippen LogP contribution in [0.15, 0.2) is 48.5 Å². The van der Waals surface area contributed by atoms with Crippen molar-refractivity contribution in [2.75, 3.05) is 13.2 Å². The summed E-state index contributed by atoms with van der Waals surface area (Å²) in [4.78, 5) is 0. The van der Waals surface area contributed by atoms with E-state index in [1.807, 2.05) is 48.5 Å². The smallest absolute Gasteiger partial charge is 0.119 e. The van der Waals surface area contributed by atoms with E-state index in [0.717, 1.165) is 17.9 Å². The highest BCUT2D eigenvalue weighted by Gasteiger charge is 1.99. The van der Waals surface area contributed by atoms with Crippen LogP contribution in [0.2, 0.25) is 0 Å². The van der Waals surface area contributed by atoms with Crippen LogP contribution in [0.3, 0.4) is 0 Å². The average molecular weight is 252 g/mol. The fourth-order valence-electron chi connectivity index (χ4n) is 1.84. The molecule has 0 unspecified atom stereocenters. The molecule has 0 saturated carbocycles. The monoisotopic (exact) mass is 252 g/mol. The molecule has 0 fully saturated rings. The van der Waals surface area contributed by atoms with E-state index in [4.69, 9.17) is 23.3 Å². The summed E-state index contributed by atoms with van der Waals surface area (Å²) in [5, 5.41) is 0. The van der Waals surface area contributed by atoms with Crippen molar-refractivity contribution in [3.63, 3.8) is 0 Å². The van der Waals surface area contributed by atoms with E-state index in [2.05, 4.69) is 0 Å². The van der Waals surface area contributed by atoms with Crippen molar-refractivity contribution in [2.45, 2.75) is 6.42 Å². The summed E-state index contributed by atoms with van der Waals surface area (Å²) in [6.07, 6.45) is 0.867. The van der Waals surface area contributed by atoms with Crippen LogP contribution < -0.4 is 9.47 Å². The summed E-state index contributed by atoms with van der Waals surface area (Å²) in [6.45, 7) is 11.0. The molecular formula is C17H16O2. The van der Waals surface area contributed by atoms with Crippen LogP contribution in [0, 0.1) is 13.8 Å². The SMILES string of the molecule is [CH]COc1ccc(Cc2ccc(OC[CH])cc2)cc1. The normalized spacial score (nSPS) is 10.2. The highest BCUT2D eigenvalue weighted by Crippen LogP contribution is 2.17. The van der Waals surface area contributed by atoms with Gasteiger partial charge in [-0.1, -0.05) is 24.3 Å². The van der Waals surface area contributed by atoms with Gasteiger partial charge in [-0.15, -0.1) is 0 Å². The van der Waals surface area contributed by atoms with Crippen molar-refractivity contribution in [1.29, 1.82) is 0 Å². The Balaban J connectivity index is 1.99. The molecule has 19 heavy (non-hydrogen) atoms. The molecule has 2 heteroatoms. The van der Waals surface area contributed by atoms with Crippen LogP contribution in [0.25, 0.3) is 0 Å². The summed E-state index contributed by atoms with van der Waals surface area (Å²) < 4.78 is 10.4. The number of rotatable bonds is 6. The number of hydrogen-bond donors (Lipinski definition) is 0. The first-order valence-corrected chi connectivity index (χ1v) is 6.15. The molecule has 2 rings (SSSR count). The molecule has 0 saturated heterocycles. The quantitative estimate of drug-likeness (QED) is 0.784. The van der Waals surface area contributed by atoms with Gasteiger partial charge in [-0.2, -0.15) is 0 Å². The largest absolute Gasteiger partial charge is 0.493 e. The van der Waals surface area contributed by atoms with Crippen molar-refractivity contribution >= 4 is 0 Å². The van der Waals surface area contributed by atoms with Gasteiger partial charge in [0.15, 0.2) is 0 Å². The van der Waals surface area contributed by atoms with Gasteiger partial charge in [0.05, 0.1) is 13.2 Å². The van der Waals surface area contributed by atoms with Gasteiger partial charge in [0, 0.05) is 13.8 Å². The lowest BCUT2D eigenvalue weighted by Gasteiger charge is -2.06. The van der Waals surface area contributed by atoms with Crippen molar-refractivity contribution in [1.82, 2.24) is 0 Å². The Labute approximate surface area is 115 Å². The maximum absolute atomic E-state index is 5.32. The molecule has 0 spiro atoms. The lowest BCUT2D eigenvalue weighted by atomic mass is 10.0. The average Bonchev–Trinajstić information content (AvgIpc) is 2.44. The van der Waals surface area contributed by atoms with Crippen LogP contribution in [-0.2, 0) is 6.42 Å². The van der Waals surface area contributed by atoms with Gasteiger partial charge in [0.1, 0.15) is 11.5 Å². The van der Waals surface area contributed by atoms with Gasteiger partial charge >= 0.3 is 0 Å². The second kappa shape index (κ2) is 6.83. The van der Waals surface area contributed by atoms with Crippen LogP contribution >= 0.6 is 0 Å². The van der Waals surface area contributed by atoms with Crippen molar-refractivity contribution in [3.8, 4) is 11.5 Å². The summed E-state index contributed by atoms with van der Waals surface area (Å²) >= 11 is 0. The third-order valence-electron chi connectivity index (χ3n) is 2.75. The molecule has 0 N–H and O–H groups in total. The third-order valence-corrected chi connectivity index (χ3v) is 2.75. The molecule has 2 aromatic rings. The highest BCUT2D eigenvalue weighted by molar-refractivity contribution is 5.34. The van der Waals surface area contributed by atoms with Gasteiger partial charge in [0.2, 0.25) is 0 Å². The standard InChI is InChI=1S/C17H16O2/c1-3-18-16-9-5-14(6-10-16)13-15-7-11-17(12-8-15)19-4-2/h1-2,5-12H,3-4,13H2. The fraction of sp³-hybridized carbons (Fsp3) is 0.176. The second-order valence-corrected chi connectivity index (χ2v) is 4.09. The number of ether oxygens (including phenoxy) is 2. The molecule has 0 amide bonds. The summed E-state index contributed by atoms with van der Waals surface area (Å²) in [6, 6.07) is 15.8. The molecule has 2 nitrogen and oxygen atoms in total. The first kappa shape index (κ1) is 13.5. The summed E-state index contributed by atoms with van der Waals surface area (Å²) in [5.74, 6) is 1.58. The molecule has 0 heterocycles. The number of benzene rings is 2. The Morgan fingerprint density at radius 3 is 1.32 bits per heavy atom. The first-order valence-electron chi connectivity index (χ1n) is 6.15. The van der Waals surface area contributed by atoms with E-state index in [1.54, 1.807) is 0 Å². The minimum absolute atomic E-state index is 0.196. The van der Waals surface area contributed by atoms with Gasteiger partial charge in [-0.05, 0) is 41.8 Å². The predicted molar refractivity (Wildman–Crippen MR) is 75.3 cm³/mol. The van der Waals surface area contributed by atoms with Crippen molar-refractivity contribution in [3.05, 3.63) is 73.5 Å². The first-order chi connectivity index (χ1) is 9.31. The summed E-state index contributed by atoms with van der Waals surface area (Å²) in [5.41, 5.74) is 2.44. The molecule has 0 atom stereocenters. The Hall–Kier alpha value is -1.96.